The number of hydrogen-bond acceptors (Lipinski definition) is 5. The second-order valence-corrected chi connectivity index (χ2v) is 10.7. The number of alkyl halides is 3. The van der Waals surface area contributed by atoms with Crippen LogP contribution in [0.4, 0.5) is 26.3 Å². The molecule has 2 aromatic carbocycles. The van der Waals surface area contributed by atoms with E-state index in [0.29, 0.717) is 18.1 Å². The van der Waals surface area contributed by atoms with E-state index < -0.39 is 82.5 Å². The third-order valence-corrected chi connectivity index (χ3v) is 7.69. The van der Waals surface area contributed by atoms with Crippen molar-refractivity contribution in [3.63, 3.8) is 0 Å². The summed E-state index contributed by atoms with van der Waals surface area (Å²) in [6.07, 6.45) is -3.39. The van der Waals surface area contributed by atoms with Gasteiger partial charge in [0.1, 0.15) is 24.0 Å². The number of rotatable bonds is 8. The van der Waals surface area contributed by atoms with Gasteiger partial charge in [0.05, 0.1) is 28.6 Å². The second kappa shape index (κ2) is 10.6. The molecule has 1 saturated carbocycles. The van der Waals surface area contributed by atoms with Crippen molar-refractivity contribution in [1.82, 2.24) is 20.1 Å². The molecule has 1 fully saturated rings. The van der Waals surface area contributed by atoms with Crippen molar-refractivity contribution in [3.8, 4) is 11.1 Å². The molecule has 2 amide bonds. The minimum atomic E-state index is -4.91. The summed E-state index contributed by atoms with van der Waals surface area (Å²) in [6, 6.07) is 8.27. The molecule has 4 aromatic rings. The number of halogens is 6. The zero-order chi connectivity index (χ0) is 31.5. The van der Waals surface area contributed by atoms with Crippen molar-refractivity contribution in [2.75, 3.05) is 0 Å². The molecule has 226 valence electrons. The van der Waals surface area contributed by atoms with Crippen molar-refractivity contribution in [1.29, 1.82) is 0 Å². The van der Waals surface area contributed by atoms with Gasteiger partial charge in [0, 0.05) is 29.7 Å². The van der Waals surface area contributed by atoms with Crippen molar-refractivity contribution in [2.45, 2.75) is 37.5 Å². The van der Waals surface area contributed by atoms with Crippen molar-refractivity contribution >= 4 is 17.6 Å². The maximum Gasteiger partial charge on any atom is 0.435 e. The van der Waals surface area contributed by atoms with Crippen LogP contribution < -0.4 is 11.1 Å². The lowest BCUT2D eigenvalue weighted by atomic mass is 9.94. The third-order valence-electron chi connectivity index (χ3n) is 7.69. The van der Waals surface area contributed by atoms with E-state index in [2.05, 4.69) is 15.4 Å². The number of nitrogens with one attached hydrogen (secondary N) is 1. The maximum atomic E-state index is 14.2. The van der Waals surface area contributed by atoms with Gasteiger partial charge in [-0.2, -0.15) is 18.3 Å². The normalized spacial score (nSPS) is 17.6. The molecule has 3 atom stereocenters. The molecule has 0 saturated heterocycles. The van der Waals surface area contributed by atoms with Gasteiger partial charge in [0.25, 0.3) is 5.91 Å². The number of carbonyl (C=O) groups is 3. The molecule has 3 N–H and O–H groups in total. The first-order valence-electron chi connectivity index (χ1n) is 13.3. The van der Waals surface area contributed by atoms with E-state index in [-0.39, 0.29) is 28.9 Å². The van der Waals surface area contributed by atoms with Gasteiger partial charge in [0.2, 0.25) is 5.91 Å². The van der Waals surface area contributed by atoms with E-state index in [1.807, 2.05) is 0 Å². The number of fused-ring (bicyclic) bond motifs is 3. The summed E-state index contributed by atoms with van der Waals surface area (Å²) >= 11 is 0. The van der Waals surface area contributed by atoms with Gasteiger partial charge in [0.15, 0.2) is 11.5 Å². The molecule has 44 heavy (non-hydrogen) atoms. The van der Waals surface area contributed by atoms with Gasteiger partial charge in [-0.25, -0.2) is 13.2 Å². The number of carbonyl (C=O) groups excluding carboxylic acids is 3. The van der Waals surface area contributed by atoms with Crippen molar-refractivity contribution in [2.24, 2.45) is 11.7 Å². The van der Waals surface area contributed by atoms with Crippen molar-refractivity contribution in [3.05, 3.63) is 106 Å². The first-order chi connectivity index (χ1) is 20.8. The Morgan fingerprint density at radius 3 is 2.45 bits per heavy atom. The topological polar surface area (TPSA) is 120 Å². The number of ketones is 1. The molecule has 2 aliphatic rings. The molecule has 2 aliphatic carbocycles. The first kappa shape index (κ1) is 29.1. The van der Waals surface area contributed by atoms with E-state index in [1.54, 1.807) is 6.07 Å². The molecular formula is C30H21F6N5O3. The average molecular weight is 614 g/mol. The Morgan fingerprint density at radius 1 is 1.05 bits per heavy atom. The monoisotopic (exact) mass is 613 g/mol. The van der Waals surface area contributed by atoms with Crippen LogP contribution in [0.15, 0.2) is 54.7 Å². The Hall–Kier alpha value is -5.01. The maximum absolute atomic E-state index is 14.2. The van der Waals surface area contributed by atoms with Crippen LogP contribution in [0.2, 0.25) is 0 Å². The predicted octanol–water partition coefficient (Wildman–Crippen LogP) is 4.88. The van der Waals surface area contributed by atoms with Crippen LogP contribution in [0, 0.1) is 23.4 Å². The van der Waals surface area contributed by atoms with E-state index in [9.17, 15) is 40.7 Å². The zero-order valence-electron chi connectivity index (χ0n) is 22.5. The largest absolute Gasteiger partial charge is 0.435 e. The zero-order valence-corrected chi connectivity index (χ0v) is 22.5. The highest BCUT2D eigenvalue weighted by molar-refractivity contribution is 6.06. The van der Waals surface area contributed by atoms with Crippen LogP contribution in [0.3, 0.4) is 0 Å². The number of benzene rings is 2. The molecule has 0 radical (unpaired) electrons. The highest BCUT2D eigenvalue weighted by Gasteiger charge is 2.58. The molecule has 0 spiro atoms. The average Bonchev–Trinajstić information content (AvgIpc) is 3.56. The summed E-state index contributed by atoms with van der Waals surface area (Å²) in [7, 11) is 0. The van der Waals surface area contributed by atoms with Gasteiger partial charge in [-0.15, -0.1) is 0 Å². The Kier molecular flexibility index (Phi) is 7.01. The first-order valence-corrected chi connectivity index (χ1v) is 13.3. The van der Waals surface area contributed by atoms with Crippen molar-refractivity contribution < 1.29 is 40.7 Å². The number of nitrogens with zero attached hydrogens (tertiary/aromatic N) is 3. The third kappa shape index (κ3) is 5.31. The molecule has 1 unspecified atom stereocenters. The fourth-order valence-electron chi connectivity index (χ4n) is 5.76. The highest BCUT2D eigenvalue weighted by atomic mass is 19.4. The number of pyridine rings is 1. The van der Waals surface area contributed by atoms with E-state index in [4.69, 9.17) is 5.73 Å². The lowest BCUT2D eigenvalue weighted by Gasteiger charge is -2.22. The molecule has 8 nitrogen and oxygen atoms in total. The minimum Gasteiger partial charge on any atom is -0.366 e. The summed E-state index contributed by atoms with van der Waals surface area (Å²) in [5, 5.41) is 6.24. The standard InChI is InChI=1S/C30H21F6N5O3/c31-15-6-13(7-16(32)10-15)8-22(25-17(2-1-5-38-25)14-3-4-21(33)20(9-14)29(37)44)39-23(42)12-41-26-18-11-19(18)27(43)24(26)28(40-41)30(34,35)36/h1-7,9-10,18-19,22H,8,11-12H2,(H2,37,44)(H,39,42)/t18-,19?,22+/m1/s1. The number of Topliss-reactive ketones (excluding diaryl/α,β-unsaturated/α-hetero) is 1. The van der Waals surface area contributed by atoms with Gasteiger partial charge in [-0.1, -0.05) is 12.1 Å². The van der Waals surface area contributed by atoms with E-state index >= 15 is 0 Å². The van der Waals surface area contributed by atoms with Crippen LogP contribution in [0.1, 0.15) is 61.7 Å². The molecule has 6 rings (SSSR count). The van der Waals surface area contributed by atoms with Crippen LogP contribution >= 0.6 is 0 Å². The summed E-state index contributed by atoms with van der Waals surface area (Å²) in [5.74, 6) is -6.16. The molecule has 2 heterocycles. The van der Waals surface area contributed by atoms with E-state index in [0.717, 1.165) is 22.9 Å². The smallest absolute Gasteiger partial charge is 0.366 e. The van der Waals surface area contributed by atoms with Crippen LogP contribution in [0.25, 0.3) is 11.1 Å². The number of primary amides is 1. The molecule has 2 aromatic heterocycles. The Bertz CT molecular complexity index is 1830. The van der Waals surface area contributed by atoms with E-state index in [1.165, 1.54) is 24.4 Å². The number of amides is 2. The van der Waals surface area contributed by atoms with Crippen LogP contribution in [0.5, 0.6) is 0 Å². The summed E-state index contributed by atoms with van der Waals surface area (Å²) in [4.78, 5) is 42.0. The van der Waals surface area contributed by atoms with Crippen LogP contribution in [-0.2, 0) is 23.9 Å². The summed E-state index contributed by atoms with van der Waals surface area (Å²) in [6.45, 7) is -0.687. The highest BCUT2D eigenvalue weighted by Crippen LogP contribution is 2.58. The Balaban J connectivity index is 1.37. The fourth-order valence-corrected chi connectivity index (χ4v) is 5.76. The van der Waals surface area contributed by atoms with Gasteiger partial charge in [-0.3, -0.25) is 24.0 Å². The SMILES string of the molecule is NC(=O)c1cc(-c2cccnc2[C@H](Cc2cc(F)cc(F)c2)NC(=O)Cn2nc(C(F)(F)F)c3c2[C@@H]2CC2C3=O)ccc1F. The molecule has 0 bridgehead atoms. The number of nitrogens with two attached hydrogens (primary N) is 1. The minimum absolute atomic E-state index is 0.0510. The summed E-state index contributed by atoms with van der Waals surface area (Å²) < 4.78 is 84.4. The lowest BCUT2D eigenvalue weighted by molar-refractivity contribution is -0.142. The van der Waals surface area contributed by atoms with Gasteiger partial charge < -0.3 is 11.1 Å². The molecule has 14 heteroatoms. The quantitative estimate of drug-likeness (QED) is 0.275. The second-order valence-electron chi connectivity index (χ2n) is 10.7. The predicted molar refractivity (Wildman–Crippen MR) is 142 cm³/mol. The molecule has 0 aliphatic heterocycles. The van der Waals surface area contributed by atoms with Gasteiger partial charge in [-0.05, 0) is 54.3 Å². The Morgan fingerprint density at radius 2 is 1.77 bits per heavy atom. The lowest BCUT2D eigenvalue weighted by Crippen LogP contribution is -2.34. The van der Waals surface area contributed by atoms with Crippen LogP contribution in [-0.4, -0.2) is 32.4 Å². The van der Waals surface area contributed by atoms with Gasteiger partial charge >= 0.3 is 6.18 Å². The number of aromatic nitrogens is 3. The summed E-state index contributed by atoms with van der Waals surface area (Å²) in [5.41, 5.74) is 3.92. The molecular weight excluding hydrogens is 592 g/mol. The fraction of sp³-hybridized carbons (Fsp3) is 0.233. The Labute approximate surface area is 244 Å². The number of hydrogen-bond donors (Lipinski definition) is 2.